The van der Waals surface area contributed by atoms with E-state index >= 15 is 0 Å². The first-order chi connectivity index (χ1) is 11.9. The lowest BCUT2D eigenvalue weighted by Crippen LogP contribution is -2.17. The van der Waals surface area contributed by atoms with Crippen molar-refractivity contribution in [2.45, 2.75) is 13.3 Å². The Hall–Kier alpha value is -2.96. The molecule has 0 saturated carbocycles. The van der Waals surface area contributed by atoms with Crippen LogP contribution < -0.4 is 15.1 Å². The molecule has 0 unspecified atom stereocenters. The minimum atomic E-state index is -4.76. The first-order valence-corrected chi connectivity index (χ1v) is 7.42. The summed E-state index contributed by atoms with van der Waals surface area (Å²) in [5.74, 6) is 0.224. The molecular formula is C18H13F3O4. The van der Waals surface area contributed by atoms with E-state index in [4.69, 9.17) is 9.15 Å². The number of hydrogen-bond acceptors (Lipinski definition) is 4. The Kier molecular flexibility index (Phi) is 4.39. The van der Waals surface area contributed by atoms with Crippen LogP contribution in [0.25, 0.3) is 22.1 Å². The molecule has 0 aliphatic carbocycles. The molecule has 7 heteroatoms. The summed E-state index contributed by atoms with van der Waals surface area (Å²) >= 11 is 0. The molecule has 0 amide bonds. The second-order valence-corrected chi connectivity index (χ2v) is 5.15. The summed E-state index contributed by atoms with van der Waals surface area (Å²) in [7, 11) is 0. The molecule has 0 aliphatic heterocycles. The highest BCUT2D eigenvalue weighted by atomic mass is 19.4. The summed E-state index contributed by atoms with van der Waals surface area (Å²) in [4.78, 5) is 12.2. The third kappa shape index (κ3) is 3.93. The van der Waals surface area contributed by atoms with Crippen LogP contribution in [-0.2, 0) is 0 Å². The van der Waals surface area contributed by atoms with E-state index in [1.807, 2.05) is 6.92 Å². The standard InChI is InChI=1S/C18H13F3O4/c1-2-23-14-8-5-12-9-15(17(22)24-16(12)10-14)11-3-6-13(7-4-11)25-18(19,20)21/h3-10H,2H2,1H3. The van der Waals surface area contributed by atoms with Crippen molar-refractivity contribution >= 4 is 11.0 Å². The molecule has 0 N–H and O–H groups in total. The number of rotatable bonds is 4. The zero-order valence-corrected chi connectivity index (χ0v) is 13.1. The topological polar surface area (TPSA) is 48.7 Å². The molecule has 4 nitrogen and oxygen atoms in total. The van der Waals surface area contributed by atoms with E-state index in [1.165, 1.54) is 12.1 Å². The lowest BCUT2D eigenvalue weighted by molar-refractivity contribution is -0.274. The van der Waals surface area contributed by atoms with Crippen LogP contribution in [0.2, 0.25) is 0 Å². The van der Waals surface area contributed by atoms with Crippen molar-refractivity contribution in [1.29, 1.82) is 0 Å². The van der Waals surface area contributed by atoms with Crippen molar-refractivity contribution in [3.63, 3.8) is 0 Å². The fraction of sp³-hybridized carbons (Fsp3) is 0.167. The molecular weight excluding hydrogens is 337 g/mol. The minimum Gasteiger partial charge on any atom is -0.494 e. The Morgan fingerprint density at radius 1 is 1.00 bits per heavy atom. The molecule has 2 aromatic carbocycles. The van der Waals surface area contributed by atoms with E-state index in [0.717, 1.165) is 12.1 Å². The summed E-state index contributed by atoms with van der Waals surface area (Å²) in [5, 5.41) is 0.675. The van der Waals surface area contributed by atoms with E-state index in [2.05, 4.69) is 4.74 Å². The maximum Gasteiger partial charge on any atom is 0.573 e. The zero-order valence-electron chi connectivity index (χ0n) is 13.1. The normalized spacial score (nSPS) is 11.5. The van der Waals surface area contributed by atoms with Gasteiger partial charge in [0.2, 0.25) is 0 Å². The highest BCUT2D eigenvalue weighted by molar-refractivity contribution is 5.82. The van der Waals surface area contributed by atoms with Gasteiger partial charge in [0.25, 0.3) is 0 Å². The van der Waals surface area contributed by atoms with E-state index in [1.54, 1.807) is 24.3 Å². The quantitative estimate of drug-likeness (QED) is 0.637. The molecule has 130 valence electrons. The summed E-state index contributed by atoms with van der Waals surface area (Å²) in [6.45, 7) is 2.33. The van der Waals surface area contributed by atoms with Crippen LogP contribution in [0.5, 0.6) is 11.5 Å². The lowest BCUT2D eigenvalue weighted by Gasteiger charge is -2.09. The summed E-state index contributed by atoms with van der Waals surface area (Å²) < 4.78 is 51.0. The third-order valence-electron chi connectivity index (χ3n) is 3.42. The molecule has 1 heterocycles. The molecule has 3 rings (SSSR count). The Bertz CT molecular complexity index is 943. The Morgan fingerprint density at radius 2 is 1.68 bits per heavy atom. The fourth-order valence-electron chi connectivity index (χ4n) is 2.39. The van der Waals surface area contributed by atoms with E-state index in [0.29, 0.717) is 28.9 Å². The smallest absolute Gasteiger partial charge is 0.494 e. The van der Waals surface area contributed by atoms with Crippen LogP contribution in [0.3, 0.4) is 0 Å². The average Bonchev–Trinajstić information content (AvgIpc) is 2.54. The summed E-state index contributed by atoms with van der Waals surface area (Å²) in [5.41, 5.74) is 0.455. The van der Waals surface area contributed by atoms with Gasteiger partial charge >= 0.3 is 12.0 Å². The predicted octanol–water partition coefficient (Wildman–Crippen LogP) is 4.76. The van der Waals surface area contributed by atoms with Crippen LogP contribution in [-0.4, -0.2) is 13.0 Å². The van der Waals surface area contributed by atoms with Gasteiger partial charge in [-0.2, -0.15) is 0 Å². The van der Waals surface area contributed by atoms with E-state index < -0.39 is 12.0 Å². The van der Waals surface area contributed by atoms with Gasteiger partial charge in [0.15, 0.2) is 0 Å². The molecule has 0 radical (unpaired) electrons. The van der Waals surface area contributed by atoms with Gasteiger partial charge < -0.3 is 13.9 Å². The molecule has 1 aromatic heterocycles. The monoisotopic (exact) mass is 350 g/mol. The minimum absolute atomic E-state index is 0.246. The second-order valence-electron chi connectivity index (χ2n) is 5.15. The molecule has 0 saturated heterocycles. The Labute approximate surface area is 140 Å². The number of ether oxygens (including phenoxy) is 2. The van der Waals surface area contributed by atoms with Gasteiger partial charge in [0.05, 0.1) is 12.2 Å². The van der Waals surface area contributed by atoms with Crippen LogP contribution in [0.15, 0.2) is 57.7 Å². The SMILES string of the molecule is CCOc1ccc2cc(-c3ccc(OC(F)(F)F)cc3)c(=O)oc2c1. The number of halogens is 3. The molecule has 0 aliphatic rings. The lowest BCUT2D eigenvalue weighted by atomic mass is 10.1. The third-order valence-corrected chi connectivity index (χ3v) is 3.42. The van der Waals surface area contributed by atoms with E-state index in [-0.39, 0.29) is 11.3 Å². The van der Waals surface area contributed by atoms with Crippen LogP contribution in [0, 0.1) is 0 Å². The number of hydrogen-bond donors (Lipinski definition) is 0. The van der Waals surface area contributed by atoms with Gasteiger partial charge in [-0.05, 0) is 42.8 Å². The largest absolute Gasteiger partial charge is 0.573 e. The molecule has 0 spiro atoms. The predicted molar refractivity (Wildman–Crippen MR) is 85.8 cm³/mol. The van der Waals surface area contributed by atoms with Gasteiger partial charge in [-0.3, -0.25) is 0 Å². The van der Waals surface area contributed by atoms with Gasteiger partial charge in [-0.25, -0.2) is 4.79 Å². The van der Waals surface area contributed by atoms with Gasteiger partial charge in [-0.15, -0.1) is 13.2 Å². The number of alkyl halides is 3. The second kappa shape index (κ2) is 6.51. The zero-order chi connectivity index (χ0) is 18.0. The maximum absolute atomic E-state index is 12.2. The van der Waals surface area contributed by atoms with Crippen LogP contribution >= 0.6 is 0 Å². The van der Waals surface area contributed by atoms with Crippen molar-refractivity contribution in [3.05, 3.63) is 59.0 Å². The molecule has 0 bridgehead atoms. The van der Waals surface area contributed by atoms with Gasteiger partial charge in [-0.1, -0.05) is 12.1 Å². The van der Waals surface area contributed by atoms with Crippen molar-refractivity contribution in [2.75, 3.05) is 6.61 Å². The summed E-state index contributed by atoms with van der Waals surface area (Å²) in [6.07, 6.45) is -4.76. The number of fused-ring (bicyclic) bond motifs is 1. The van der Waals surface area contributed by atoms with Gasteiger partial charge in [0.1, 0.15) is 17.1 Å². The van der Waals surface area contributed by atoms with E-state index in [9.17, 15) is 18.0 Å². The first kappa shape index (κ1) is 16.9. The fourth-order valence-corrected chi connectivity index (χ4v) is 2.39. The van der Waals surface area contributed by atoms with Crippen molar-refractivity contribution in [2.24, 2.45) is 0 Å². The molecule has 25 heavy (non-hydrogen) atoms. The van der Waals surface area contributed by atoms with Crippen LogP contribution in [0.4, 0.5) is 13.2 Å². The number of benzene rings is 2. The Morgan fingerprint density at radius 3 is 2.32 bits per heavy atom. The maximum atomic E-state index is 12.2. The first-order valence-electron chi connectivity index (χ1n) is 7.42. The van der Waals surface area contributed by atoms with Gasteiger partial charge in [0, 0.05) is 11.5 Å². The molecule has 3 aromatic rings. The average molecular weight is 350 g/mol. The van der Waals surface area contributed by atoms with Crippen molar-refractivity contribution < 1.29 is 27.1 Å². The van der Waals surface area contributed by atoms with Crippen LogP contribution in [0.1, 0.15) is 6.92 Å². The Balaban J connectivity index is 1.97. The highest BCUT2D eigenvalue weighted by Gasteiger charge is 2.31. The summed E-state index contributed by atoms with van der Waals surface area (Å²) in [6, 6.07) is 11.8. The van der Waals surface area contributed by atoms with Crippen molar-refractivity contribution in [3.8, 4) is 22.6 Å². The highest BCUT2D eigenvalue weighted by Crippen LogP contribution is 2.27. The van der Waals surface area contributed by atoms with Crippen molar-refractivity contribution in [1.82, 2.24) is 0 Å². The molecule has 0 fully saturated rings. The molecule has 0 atom stereocenters.